The number of pyridine rings is 1. The third-order valence-electron chi connectivity index (χ3n) is 4.38. The van der Waals surface area contributed by atoms with Crippen molar-refractivity contribution in [1.29, 1.82) is 0 Å². The Hall–Kier alpha value is -2.32. The van der Waals surface area contributed by atoms with Gasteiger partial charge >= 0.3 is 0 Å². The molecule has 0 radical (unpaired) electrons. The van der Waals surface area contributed by atoms with Gasteiger partial charge < -0.3 is 15.2 Å². The first-order valence-electron chi connectivity index (χ1n) is 10.6. The molecule has 3 aromatic rings. The van der Waals surface area contributed by atoms with Gasteiger partial charge in [-0.15, -0.1) is 0 Å². The molecule has 2 atom stereocenters. The number of hydrogen-bond acceptors (Lipinski definition) is 5. The van der Waals surface area contributed by atoms with Crippen molar-refractivity contribution in [3.63, 3.8) is 0 Å². The minimum Gasteiger partial charge on any atom is -0.768 e. The smallest absolute Gasteiger partial charge is 0.207 e. The van der Waals surface area contributed by atoms with Gasteiger partial charge in [-0.05, 0) is 67.2 Å². The van der Waals surface area contributed by atoms with Crippen molar-refractivity contribution in [2.45, 2.75) is 51.1 Å². The van der Waals surface area contributed by atoms with E-state index in [1.807, 2.05) is 38.1 Å². The maximum atomic E-state index is 10.8. The topological polar surface area (TPSA) is 94.2 Å². The van der Waals surface area contributed by atoms with Crippen molar-refractivity contribution >= 4 is 40.0 Å². The summed E-state index contributed by atoms with van der Waals surface area (Å²) in [6.45, 7) is 8.02. The van der Waals surface area contributed by atoms with Crippen LogP contribution >= 0.6 is 11.6 Å². The van der Waals surface area contributed by atoms with Crippen LogP contribution in [-0.4, -0.2) is 32.7 Å². The number of halogens is 1. The predicted octanol–water partition coefficient (Wildman–Crippen LogP) is 4.84. The molecule has 8 heteroatoms. The number of amides is 1. The summed E-state index contributed by atoms with van der Waals surface area (Å²) in [7, 11) is 0. The lowest BCUT2D eigenvalue weighted by atomic mass is 10.2. The van der Waals surface area contributed by atoms with Gasteiger partial charge in [0.1, 0.15) is 0 Å². The van der Waals surface area contributed by atoms with Gasteiger partial charge in [0.15, 0.2) is 0 Å². The van der Waals surface area contributed by atoms with Gasteiger partial charge in [0.2, 0.25) is 6.41 Å². The Morgan fingerprint density at radius 3 is 2.41 bits per heavy atom. The van der Waals surface area contributed by atoms with Gasteiger partial charge in [-0.2, -0.15) is 0 Å². The molecule has 0 saturated carbocycles. The highest BCUT2D eigenvalue weighted by Gasteiger charge is 2.05. The van der Waals surface area contributed by atoms with E-state index in [2.05, 4.69) is 22.5 Å². The van der Waals surface area contributed by atoms with Crippen LogP contribution in [0.5, 0.6) is 0 Å². The summed E-state index contributed by atoms with van der Waals surface area (Å²) >= 11 is 3.44. The Morgan fingerprint density at radius 2 is 1.88 bits per heavy atom. The molecule has 6 nitrogen and oxygen atoms in total. The summed E-state index contributed by atoms with van der Waals surface area (Å²) in [4.78, 5) is 14.2. The fourth-order valence-corrected chi connectivity index (χ4v) is 3.48. The lowest BCUT2D eigenvalue weighted by Gasteiger charge is -2.07. The summed E-state index contributed by atoms with van der Waals surface area (Å²) < 4.78 is 21.5. The minimum atomic E-state index is -2.22. The molecule has 1 saturated heterocycles. The zero-order valence-corrected chi connectivity index (χ0v) is 20.3. The maximum Gasteiger partial charge on any atom is 0.207 e. The molecule has 1 aromatic heterocycles. The zero-order chi connectivity index (χ0) is 23.8. The fourth-order valence-electron chi connectivity index (χ4n) is 2.83. The first kappa shape index (κ1) is 27.7. The molecule has 1 fully saturated rings. The highest BCUT2D eigenvalue weighted by atomic mass is 35.5. The quantitative estimate of drug-likeness (QED) is 0.415. The molecular weight excluding hydrogens is 446 g/mol. The number of carbonyl (C=O) groups is 1. The molecule has 1 aliphatic heterocycles. The Balaban J connectivity index is 0.000000244. The molecule has 32 heavy (non-hydrogen) atoms. The zero-order valence-electron chi connectivity index (χ0n) is 18.7. The average molecular weight is 477 g/mol. The Bertz CT molecular complexity index is 943. The second-order valence-corrected chi connectivity index (χ2v) is 8.03. The first-order chi connectivity index (χ1) is 15.5. The summed E-state index contributed by atoms with van der Waals surface area (Å²) in [5, 5.41) is 7.43. The molecule has 0 spiro atoms. The monoisotopic (exact) mass is 476 g/mol. The number of nitrogens with zero attached hydrogens (tertiary/aromatic N) is 1. The van der Waals surface area contributed by atoms with E-state index >= 15 is 0 Å². The van der Waals surface area contributed by atoms with Crippen LogP contribution in [0.2, 0.25) is 5.02 Å². The van der Waals surface area contributed by atoms with Gasteiger partial charge in [-0.25, -0.2) is 0 Å². The van der Waals surface area contributed by atoms with E-state index < -0.39 is 11.1 Å². The van der Waals surface area contributed by atoms with E-state index in [1.54, 1.807) is 36.5 Å². The minimum absolute atomic E-state index is 0.248. The van der Waals surface area contributed by atoms with Gasteiger partial charge in [0.05, 0.1) is 10.4 Å². The second kappa shape index (κ2) is 16.3. The molecule has 1 amide bonds. The molecule has 0 bridgehead atoms. The molecule has 2 N–H and O–H groups in total. The second-order valence-electron chi connectivity index (χ2n) is 6.69. The largest absolute Gasteiger partial charge is 0.768 e. The number of hydrogen-bond donors (Lipinski definition) is 2. The number of carbonyl (C=O) groups excluding carboxylic acids is 1. The molecule has 2 heterocycles. The van der Waals surface area contributed by atoms with Gasteiger partial charge in [0, 0.05) is 29.2 Å². The van der Waals surface area contributed by atoms with Crippen LogP contribution in [0.25, 0.3) is 10.9 Å². The fraction of sp³-hybridized carbons (Fsp3) is 0.333. The Morgan fingerprint density at radius 1 is 1.19 bits per heavy atom. The maximum absolute atomic E-state index is 10.8. The van der Waals surface area contributed by atoms with Crippen molar-refractivity contribution < 1.29 is 13.6 Å². The lowest BCUT2D eigenvalue weighted by molar-refractivity contribution is -0.109. The Kier molecular flexibility index (Phi) is 14.1. The normalized spacial score (nSPS) is 15.1. The van der Waals surface area contributed by atoms with E-state index in [-0.39, 0.29) is 4.90 Å². The van der Waals surface area contributed by atoms with Gasteiger partial charge in [0.25, 0.3) is 0 Å². The third-order valence-corrected chi connectivity index (χ3v) is 5.33. The number of para-hydroxylation sites is 1. The van der Waals surface area contributed by atoms with E-state index in [4.69, 9.17) is 11.6 Å². The molecule has 2 unspecified atom stereocenters. The van der Waals surface area contributed by atoms with Crippen molar-refractivity contribution in [2.75, 3.05) is 6.54 Å². The molecule has 1 aliphatic rings. The standard InChI is InChI=1S/C9H7NO2S.C8H8ClNO.C5H11N.C2H6/c11-13(12)8-5-1-3-7-4-2-6-10-9(7)8;9-8-3-1-7(2-4-8)5-10-6-11;1-5-3-2-4-6-5;1-2/h1-6H,(H,11,12);1-4,6H,5H2,(H,10,11);5-6H,2-4H2,1H3;1-2H3/p-1. The first-order valence-corrected chi connectivity index (χ1v) is 12.0. The molecule has 174 valence electrons. The number of rotatable bonds is 4. The van der Waals surface area contributed by atoms with Crippen molar-refractivity contribution in [2.24, 2.45) is 0 Å². The van der Waals surface area contributed by atoms with Crippen molar-refractivity contribution in [3.8, 4) is 0 Å². The van der Waals surface area contributed by atoms with Crippen LogP contribution in [-0.2, 0) is 22.4 Å². The van der Waals surface area contributed by atoms with Crippen molar-refractivity contribution in [1.82, 2.24) is 15.6 Å². The number of benzene rings is 2. The van der Waals surface area contributed by atoms with E-state index in [0.29, 0.717) is 23.5 Å². The Labute approximate surface area is 198 Å². The van der Waals surface area contributed by atoms with Crippen molar-refractivity contribution in [3.05, 3.63) is 71.4 Å². The SMILES string of the molecule is CC.CC1CCCN1.O=CNCc1ccc(Cl)cc1.O=S([O-])c1cccc2cccnc12. The average Bonchev–Trinajstić information content (AvgIpc) is 3.31. The highest BCUT2D eigenvalue weighted by Crippen LogP contribution is 2.17. The summed E-state index contributed by atoms with van der Waals surface area (Å²) in [5.41, 5.74) is 1.57. The summed E-state index contributed by atoms with van der Waals surface area (Å²) in [6, 6.07) is 16.8. The van der Waals surface area contributed by atoms with Gasteiger partial charge in [-0.1, -0.05) is 55.8 Å². The van der Waals surface area contributed by atoms with E-state index in [1.165, 1.54) is 19.4 Å². The number of nitrogens with one attached hydrogen (secondary N) is 2. The summed E-state index contributed by atoms with van der Waals surface area (Å²) in [5.74, 6) is 0. The van der Waals surface area contributed by atoms with Gasteiger partial charge in [-0.3, -0.25) is 14.0 Å². The van der Waals surface area contributed by atoms with E-state index in [9.17, 15) is 13.6 Å². The molecule has 2 aromatic carbocycles. The lowest BCUT2D eigenvalue weighted by Crippen LogP contribution is -2.16. The van der Waals surface area contributed by atoms with Crippen LogP contribution in [0, 0.1) is 0 Å². The van der Waals surface area contributed by atoms with Crippen LogP contribution < -0.4 is 10.6 Å². The predicted molar refractivity (Wildman–Crippen MR) is 131 cm³/mol. The van der Waals surface area contributed by atoms with Crippen LogP contribution in [0.1, 0.15) is 39.2 Å². The molecule has 0 aliphatic carbocycles. The van der Waals surface area contributed by atoms with Crippen LogP contribution in [0.3, 0.4) is 0 Å². The highest BCUT2D eigenvalue weighted by molar-refractivity contribution is 7.79. The number of aromatic nitrogens is 1. The van der Waals surface area contributed by atoms with Crippen LogP contribution in [0.4, 0.5) is 0 Å². The molecular formula is C24H31ClN3O3S-. The summed E-state index contributed by atoms with van der Waals surface area (Å²) in [6.07, 6.45) is 5.01. The number of fused-ring (bicyclic) bond motifs is 1. The van der Waals surface area contributed by atoms with E-state index in [0.717, 1.165) is 17.0 Å². The molecule has 4 rings (SSSR count). The third kappa shape index (κ3) is 10.3. The van der Waals surface area contributed by atoms with Crippen LogP contribution in [0.15, 0.2) is 65.7 Å².